The molecule has 15 heteroatoms. The van der Waals surface area contributed by atoms with E-state index in [1.54, 1.807) is 44.4 Å². The fourth-order valence-electron chi connectivity index (χ4n) is 3.96. The predicted octanol–water partition coefficient (Wildman–Crippen LogP) is 1.33. The maximum atomic E-state index is 13.4. The molecular formula is C28H45N7O7S. The van der Waals surface area contributed by atoms with Gasteiger partial charge in [0.2, 0.25) is 23.6 Å². The quantitative estimate of drug-likeness (QED) is 0.0924. The van der Waals surface area contributed by atoms with Crippen LogP contribution in [-0.4, -0.2) is 72.4 Å². The zero-order chi connectivity index (χ0) is 32.4. The van der Waals surface area contributed by atoms with Gasteiger partial charge < -0.3 is 42.8 Å². The van der Waals surface area contributed by atoms with Gasteiger partial charge in [0, 0.05) is 19.2 Å². The van der Waals surface area contributed by atoms with Crippen molar-refractivity contribution in [1.82, 2.24) is 21.3 Å². The molecule has 0 heterocycles. The van der Waals surface area contributed by atoms with Crippen LogP contribution in [-0.2, 0) is 30.5 Å². The number of amides is 6. The van der Waals surface area contributed by atoms with Crippen molar-refractivity contribution in [2.24, 2.45) is 17.4 Å². The molecule has 1 rings (SSSR count). The Morgan fingerprint density at radius 3 is 2.05 bits per heavy atom. The van der Waals surface area contributed by atoms with Crippen molar-refractivity contribution in [2.75, 3.05) is 24.7 Å². The second-order valence-electron chi connectivity index (χ2n) is 10.2. The van der Waals surface area contributed by atoms with E-state index in [2.05, 4.69) is 26.6 Å². The fraction of sp³-hybridized carbons (Fsp3) is 0.571. The summed E-state index contributed by atoms with van der Waals surface area (Å²) in [7, 11) is 0. The van der Waals surface area contributed by atoms with Crippen molar-refractivity contribution >= 4 is 52.4 Å². The van der Waals surface area contributed by atoms with Crippen LogP contribution in [0.5, 0.6) is 0 Å². The highest BCUT2D eigenvalue weighted by Crippen LogP contribution is 2.14. The number of hydrogen-bond acceptors (Lipinski definition) is 9. The summed E-state index contributed by atoms with van der Waals surface area (Å²) >= 11 is 0.960. The molecule has 0 aliphatic heterocycles. The Labute approximate surface area is 256 Å². The Morgan fingerprint density at radius 1 is 0.860 bits per heavy atom. The topological polar surface area (TPSA) is 224 Å². The highest BCUT2D eigenvalue weighted by atomic mass is 32.2. The second-order valence-corrected chi connectivity index (χ2v) is 10.9. The summed E-state index contributed by atoms with van der Waals surface area (Å²) in [6.07, 6.45) is 3.74. The van der Waals surface area contributed by atoms with Gasteiger partial charge in [0.25, 0.3) is 0 Å². The van der Waals surface area contributed by atoms with Gasteiger partial charge in [-0.25, -0.2) is 9.59 Å². The summed E-state index contributed by atoms with van der Waals surface area (Å²) < 4.78 is 5.07. The molecule has 0 aromatic heterocycles. The number of anilines is 1. The fourth-order valence-corrected chi connectivity index (χ4v) is 4.14. The smallest absolute Gasteiger partial charge is 0.367 e. The standard InChI is InChI=1S/C28H45N7O7S/c1-17(2)23(35-25(38)21(32-18(3)36)8-5-6-14-29)26(39)34-22(9-7-15-31-27(30)40)24(37)33-20-12-10-19(11-13-20)16-42-28(41)43-4/h10-13,17,21-23H,5-9,14-16,29H2,1-4H3,(H,32,36)(H,33,37)(H,34,39)(H,35,38)(H3,30,31,40)/t21-,22-,23-/m0/s1. The van der Waals surface area contributed by atoms with E-state index < -0.39 is 47.2 Å². The van der Waals surface area contributed by atoms with Gasteiger partial charge in [-0.15, -0.1) is 0 Å². The van der Waals surface area contributed by atoms with Crippen molar-refractivity contribution in [2.45, 2.75) is 77.6 Å². The van der Waals surface area contributed by atoms with Gasteiger partial charge in [-0.3, -0.25) is 19.2 Å². The average Bonchev–Trinajstić information content (AvgIpc) is 2.95. The molecule has 14 nitrogen and oxygen atoms in total. The molecule has 6 amide bonds. The molecule has 3 atom stereocenters. The van der Waals surface area contributed by atoms with E-state index in [1.807, 2.05) is 0 Å². The van der Waals surface area contributed by atoms with Crippen LogP contribution in [0.3, 0.4) is 0 Å². The number of thioether (sulfide) groups is 1. The molecule has 0 saturated heterocycles. The second kappa shape index (κ2) is 20.1. The number of unbranched alkanes of at least 4 members (excludes halogenated alkanes) is 1. The molecular weight excluding hydrogens is 578 g/mol. The molecule has 1 aromatic carbocycles. The van der Waals surface area contributed by atoms with E-state index in [4.69, 9.17) is 16.2 Å². The first kappa shape index (κ1) is 37.2. The van der Waals surface area contributed by atoms with Crippen LogP contribution in [0.4, 0.5) is 15.3 Å². The Bertz CT molecular complexity index is 1090. The molecule has 0 spiro atoms. The molecule has 43 heavy (non-hydrogen) atoms. The van der Waals surface area contributed by atoms with Crippen LogP contribution >= 0.6 is 11.8 Å². The average molecular weight is 624 g/mol. The van der Waals surface area contributed by atoms with Crippen molar-refractivity contribution in [3.8, 4) is 0 Å². The van der Waals surface area contributed by atoms with E-state index in [9.17, 15) is 28.8 Å². The van der Waals surface area contributed by atoms with Gasteiger partial charge in [-0.05, 0) is 80.3 Å². The number of urea groups is 1. The number of nitrogens with one attached hydrogen (secondary N) is 5. The van der Waals surface area contributed by atoms with Crippen LogP contribution in [0, 0.1) is 5.92 Å². The summed E-state index contributed by atoms with van der Waals surface area (Å²) in [5.74, 6) is -2.34. The summed E-state index contributed by atoms with van der Waals surface area (Å²) in [5, 5.41) is 12.8. The van der Waals surface area contributed by atoms with Crippen LogP contribution in [0.15, 0.2) is 24.3 Å². The maximum absolute atomic E-state index is 13.4. The summed E-state index contributed by atoms with van der Waals surface area (Å²) in [6.45, 7) is 5.51. The van der Waals surface area contributed by atoms with Crippen molar-refractivity contribution < 1.29 is 33.5 Å². The number of benzene rings is 1. The molecule has 0 bridgehead atoms. The third-order valence-corrected chi connectivity index (χ3v) is 6.69. The molecule has 0 aliphatic carbocycles. The Kier molecular flexibility index (Phi) is 17.4. The minimum absolute atomic E-state index is 0.0809. The molecule has 9 N–H and O–H groups in total. The molecule has 0 radical (unpaired) electrons. The lowest BCUT2D eigenvalue weighted by atomic mass is 10.0. The first-order valence-corrected chi connectivity index (χ1v) is 15.3. The Hall–Kier alpha value is -3.85. The van der Waals surface area contributed by atoms with Crippen molar-refractivity contribution in [3.63, 3.8) is 0 Å². The highest BCUT2D eigenvalue weighted by Gasteiger charge is 2.31. The van der Waals surface area contributed by atoms with E-state index in [0.717, 1.165) is 17.3 Å². The van der Waals surface area contributed by atoms with Crippen LogP contribution in [0.1, 0.15) is 58.4 Å². The van der Waals surface area contributed by atoms with E-state index in [-0.39, 0.29) is 31.4 Å². The summed E-state index contributed by atoms with van der Waals surface area (Å²) in [5.41, 5.74) is 11.8. The SMILES string of the molecule is CSC(=O)OCc1ccc(NC(=O)[C@H](CCCNC(N)=O)NC(=O)[C@@H](NC(=O)[C@H](CCCCN)NC(C)=O)C(C)C)cc1. The maximum Gasteiger partial charge on any atom is 0.367 e. The molecule has 0 aliphatic rings. The first-order valence-electron chi connectivity index (χ1n) is 14.1. The van der Waals surface area contributed by atoms with Crippen LogP contribution < -0.4 is 38.1 Å². The van der Waals surface area contributed by atoms with Crippen molar-refractivity contribution in [3.05, 3.63) is 29.8 Å². The van der Waals surface area contributed by atoms with Gasteiger partial charge >= 0.3 is 11.3 Å². The number of rotatable bonds is 18. The summed E-state index contributed by atoms with van der Waals surface area (Å²) in [6, 6.07) is 3.09. The number of carbonyl (C=O) groups is 6. The lowest BCUT2D eigenvalue weighted by Crippen LogP contribution is -2.57. The Morgan fingerprint density at radius 2 is 1.49 bits per heavy atom. The van der Waals surface area contributed by atoms with Gasteiger partial charge in [0.05, 0.1) is 0 Å². The van der Waals surface area contributed by atoms with Gasteiger partial charge in [0.1, 0.15) is 24.7 Å². The zero-order valence-electron chi connectivity index (χ0n) is 25.2. The normalized spacial score (nSPS) is 12.8. The van der Waals surface area contributed by atoms with E-state index >= 15 is 0 Å². The van der Waals surface area contributed by atoms with E-state index in [1.165, 1.54) is 6.92 Å². The van der Waals surface area contributed by atoms with Gasteiger partial charge in [-0.1, -0.05) is 26.0 Å². The largest absolute Gasteiger partial charge is 0.453 e. The molecule has 240 valence electrons. The predicted molar refractivity (Wildman–Crippen MR) is 165 cm³/mol. The number of ether oxygens (including phenoxy) is 1. The third kappa shape index (κ3) is 15.3. The number of hydrogen-bond donors (Lipinski definition) is 7. The Balaban J connectivity index is 3.01. The van der Waals surface area contributed by atoms with Crippen LogP contribution in [0.2, 0.25) is 0 Å². The van der Waals surface area contributed by atoms with Gasteiger partial charge in [-0.2, -0.15) is 0 Å². The molecule has 0 unspecified atom stereocenters. The van der Waals surface area contributed by atoms with Crippen LogP contribution in [0.25, 0.3) is 0 Å². The monoisotopic (exact) mass is 623 g/mol. The first-order chi connectivity index (χ1) is 20.4. The third-order valence-electron chi connectivity index (χ3n) is 6.23. The summed E-state index contributed by atoms with van der Waals surface area (Å²) in [4.78, 5) is 73.8. The highest BCUT2D eigenvalue weighted by molar-refractivity contribution is 8.12. The lowest BCUT2D eigenvalue weighted by Gasteiger charge is -2.27. The van der Waals surface area contributed by atoms with Crippen molar-refractivity contribution in [1.29, 1.82) is 0 Å². The lowest BCUT2D eigenvalue weighted by molar-refractivity contribution is -0.133. The molecule has 0 fully saturated rings. The van der Waals surface area contributed by atoms with E-state index in [0.29, 0.717) is 37.9 Å². The zero-order valence-corrected chi connectivity index (χ0v) is 26.0. The minimum atomic E-state index is -1.02. The number of carbonyl (C=O) groups excluding carboxylic acids is 6. The minimum Gasteiger partial charge on any atom is -0.453 e. The molecule has 1 aromatic rings. The number of primary amides is 1. The molecule has 0 saturated carbocycles. The van der Waals surface area contributed by atoms with Gasteiger partial charge in [0.15, 0.2) is 0 Å². The number of nitrogens with two attached hydrogens (primary N) is 2.